The number of guanidine groups is 1. The summed E-state index contributed by atoms with van der Waals surface area (Å²) in [4.78, 5) is 6.95. The number of likely N-dealkylation sites (N-methyl/N-ethyl adjacent to an activating group) is 1. The molecule has 0 bridgehead atoms. The van der Waals surface area contributed by atoms with Crippen LogP contribution in [0.25, 0.3) is 0 Å². The van der Waals surface area contributed by atoms with Gasteiger partial charge in [-0.2, -0.15) is 5.10 Å². The van der Waals surface area contributed by atoms with Crippen molar-refractivity contribution in [1.82, 2.24) is 25.3 Å². The van der Waals surface area contributed by atoms with Crippen LogP contribution in [0.4, 0.5) is 0 Å². The zero-order chi connectivity index (χ0) is 15.9. The van der Waals surface area contributed by atoms with E-state index in [2.05, 4.69) is 60.0 Å². The fourth-order valence-corrected chi connectivity index (χ4v) is 2.61. The van der Waals surface area contributed by atoms with E-state index in [1.807, 2.05) is 17.9 Å². The minimum absolute atomic E-state index is 0. The van der Waals surface area contributed by atoms with Crippen molar-refractivity contribution >= 4 is 29.9 Å². The fraction of sp³-hybridized carbons (Fsp3) is 0.625. The van der Waals surface area contributed by atoms with Gasteiger partial charge in [0.15, 0.2) is 5.96 Å². The number of halogens is 1. The molecule has 0 radical (unpaired) electrons. The van der Waals surface area contributed by atoms with Gasteiger partial charge in [0.25, 0.3) is 0 Å². The predicted molar refractivity (Wildman–Crippen MR) is 106 cm³/mol. The van der Waals surface area contributed by atoms with Gasteiger partial charge in [-0.1, -0.05) is 12.2 Å². The first-order chi connectivity index (χ1) is 10.6. The third-order valence-corrected chi connectivity index (χ3v) is 3.85. The smallest absolute Gasteiger partial charge is 0.191 e. The van der Waals surface area contributed by atoms with Crippen molar-refractivity contribution in [3.8, 4) is 0 Å². The minimum Gasteiger partial charge on any atom is -0.357 e. The highest BCUT2D eigenvalue weighted by molar-refractivity contribution is 14.0. The Hall–Kier alpha value is -1.09. The highest BCUT2D eigenvalue weighted by atomic mass is 127. The van der Waals surface area contributed by atoms with Gasteiger partial charge in [0.1, 0.15) is 0 Å². The minimum atomic E-state index is 0. The third kappa shape index (κ3) is 6.14. The molecule has 1 aromatic rings. The zero-order valence-corrected chi connectivity index (χ0v) is 16.8. The van der Waals surface area contributed by atoms with Crippen LogP contribution in [-0.4, -0.2) is 53.9 Å². The number of aryl methyl sites for hydroxylation is 1. The molecule has 0 saturated heterocycles. The Morgan fingerprint density at radius 1 is 1.43 bits per heavy atom. The summed E-state index contributed by atoms with van der Waals surface area (Å²) in [6, 6.07) is 0.694. The van der Waals surface area contributed by atoms with Gasteiger partial charge in [0, 0.05) is 31.4 Å². The third-order valence-electron chi connectivity index (χ3n) is 3.85. The lowest BCUT2D eigenvalue weighted by molar-refractivity contribution is 0.306. The van der Waals surface area contributed by atoms with Gasteiger partial charge in [-0.15, -0.1) is 24.0 Å². The molecule has 2 rings (SSSR count). The van der Waals surface area contributed by atoms with Gasteiger partial charge in [-0.05, 0) is 33.9 Å². The summed E-state index contributed by atoms with van der Waals surface area (Å²) in [5.41, 5.74) is 1.19. The normalized spacial score (nSPS) is 16.5. The lowest BCUT2D eigenvalue weighted by Crippen LogP contribution is -2.43. The molecule has 1 aliphatic carbocycles. The van der Waals surface area contributed by atoms with Gasteiger partial charge in [-0.3, -0.25) is 9.67 Å². The molecule has 1 atom stereocenters. The molecular weight excluding hydrogens is 403 g/mol. The summed E-state index contributed by atoms with van der Waals surface area (Å²) < 4.78 is 1.84. The van der Waals surface area contributed by atoms with Crippen LogP contribution in [0.2, 0.25) is 0 Å². The Morgan fingerprint density at radius 3 is 2.65 bits per heavy atom. The van der Waals surface area contributed by atoms with E-state index >= 15 is 0 Å². The number of rotatable bonds is 6. The highest BCUT2D eigenvalue weighted by Gasteiger charge is 2.17. The van der Waals surface area contributed by atoms with E-state index in [1.54, 1.807) is 0 Å². The maximum atomic E-state index is 4.77. The number of aromatic nitrogens is 2. The Bertz CT molecular complexity index is 514. The van der Waals surface area contributed by atoms with E-state index in [9.17, 15) is 0 Å². The van der Waals surface area contributed by atoms with Gasteiger partial charge < -0.3 is 15.5 Å². The standard InChI is InChI=1S/C16H28N6.HI/c1-5-17-16(20-14-8-6-7-9-14)18-11-15(21(2)3)13-10-19-22(4)12-13;/h6-7,10,12,14-15H,5,8-9,11H2,1-4H3,(H2,17,18,20);1H. The highest BCUT2D eigenvalue weighted by Crippen LogP contribution is 2.17. The lowest BCUT2D eigenvalue weighted by atomic mass is 10.1. The summed E-state index contributed by atoms with van der Waals surface area (Å²) in [7, 11) is 6.10. The molecule has 0 aliphatic heterocycles. The summed E-state index contributed by atoms with van der Waals surface area (Å²) in [5, 5.41) is 11.1. The summed E-state index contributed by atoms with van der Waals surface area (Å²) in [5.74, 6) is 0.895. The molecule has 23 heavy (non-hydrogen) atoms. The molecule has 0 saturated carbocycles. The van der Waals surface area contributed by atoms with Gasteiger partial charge in [-0.25, -0.2) is 0 Å². The molecule has 6 nitrogen and oxygen atoms in total. The topological polar surface area (TPSA) is 57.5 Å². The monoisotopic (exact) mass is 432 g/mol. The zero-order valence-electron chi connectivity index (χ0n) is 14.5. The lowest BCUT2D eigenvalue weighted by Gasteiger charge is -2.23. The average Bonchev–Trinajstić information content (AvgIpc) is 3.11. The van der Waals surface area contributed by atoms with E-state index in [4.69, 9.17) is 4.99 Å². The number of aliphatic imine (C=N–C) groups is 1. The summed E-state index contributed by atoms with van der Waals surface area (Å²) in [6.45, 7) is 3.66. The molecule has 7 heteroatoms. The quantitative estimate of drug-likeness (QED) is 0.312. The maximum absolute atomic E-state index is 4.77. The summed E-state index contributed by atoms with van der Waals surface area (Å²) in [6.07, 6.45) is 10.6. The number of hydrogen-bond donors (Lipinski definition) is 2. The average molecular weight is 432 g/mol. The van der Waals surface area contributed by atoms with Crippen molar-refractivity contribution < 1.29 is 0 Å². The van der Waals surface area contributed by atoms with Crippen molar-refractivity contribution in [2.45, 2.75) is 31.8 Å². The SMILES string of the molecule is CCNC(=NCC(c1cnn(C)c1)N(C)C)NC1CC=CC1.I. The Balaban J connectivity index is 0.00000264. The maximum Gasteiger partial charge on any atom is 0.191 e. The van der Waals surface area contributed by atoms with Crippen molar-refractivity contribution in [2.24, 2.45) is 12.0 Å². The first-order valence-electron chi connectivity index (χ1n) is 7.95. The number of hydrogen-bond acceptors (Lipinski definition) is 3. The second-order valence-electron chi connectivity index (χ2n) is 5.93. The molecule has 2 N–H and O–H groups in total. The Kier molecular flexibility index (Phi) is 8.60. The molecule has 1 heterocycles. The van der Waals surface area contributed by atoms with Crippen LogP contribution in [0.1, 0.15) is 31.4 Å². The first-order valence-corrected chi connectivity index (χ1v) is 7.95. The van der Waals surface area contributed by atoms with Crippen LogP contribution in [0, 0.1) is 0 Å². The molecule has 1 aliphatic rings. The van der Waals surface area contributed by atoms with Crippen molar-refractivity contribution in [3.63, 3.8) is 0 Å². The second-order valence-corrected chi connectivity index (χ2v) is 5.93. The molecule has 0 spiro atoms. The van der Waals surface area contributed by atoms with Crippen LogP contribution in [0.15, 0.2) is 29.5 Å². The van der Waals surface area contributed by atoms with Crippen LogP contribution < -0.4 is 10.6 Å². The van der Waals surface area contributed by atoms with Gasteiger partial charge >= 0.3 is 0 Å². The molecule has 0 fully saturated rings. The predicted octanol–water partition coefficient (Wildman–Crippen LogP) is 1.91. The van der Waals surface area contributed by atoms with E-state index in [-0.39, 0.29) is 30.0 Å². The Morgan fingerprint density at radius 2 is 2.13 bits per heavy atom. The van der Waals surface area contributed by atoms with Crippen LogP contribution in [0.5, 0.6) is 0 Å². The largest absolute Gasteiger partial charge is 0.357 e. The van der Waals surface area contributed by atoms with Gasteiger partial charge in [0.05, 0.1) is 18.8 Å². The van der Waals surface area contributed by atoms with Crippen LogP contribution in [0.3, 0.4) is 0 Å². The van der Waals surface area contributed by atoms with Crippen molar-refractivity contribution in [2.75, 3.05) is 27.2 Å². The fourth-order valence-electron chi connectivity index (χ4n) is 2.61. The number of nitrogens with one attached hydrogen (secondary N) is 2. The molecule has 1 unspecified atom stereocenters. The second kappa shape index (κ2) is 9.92. The number of nitrogens with zero attached hydrogens (tertiary/aromatic N) is 4. The van der Waals surface area contributed by atoms with Crippen molar-refractivity contribution in [3.05, 3.63) is 30.1 Å². The van der Waals surface area contributed by atoms with E-state index in [1.165, 1.54) is 5.56 Å². The van der Waals surface area contributed by atoms with Crippen molar-refractivity contribution in [1.29, 1.82) is 0 Å². The Labute approximate surface area is 156 Å². The van der Waals surface area contributed by atoms with Gasteiger partial charge in [0.2, 0.25) is 0 Å². The van der Waals surface area contributed by atoms with E-state index in [0.717, 1.165) is 25.3 Å². The molecular formula is C16H29IN6. The van der Waals surface area contributed by atoms with E-state index < -0.39 is 0 Å². The molecule has 0 aromatic carbocycles. The van der Waals surface area contributed by atoms with Crippen LogP contribution in [-0.2, 0) is 7.05 Å². The molecule has 130 valence electrons. The summed E-state index contributed by atoms with van der Waals surface area (Å²) >= 11 is 0. The van der Waals surface area contributed by atoms with Crippen LogP contribution >= 0.6 is 24.0 Å². The van der Waals surface area contributed by atoms with E-state index in [0.29, 0.717) is 12.6 Å². The first kappa shape index (κ1) is 20.0. The molecule has 0 amide bonds. The molecule has 1 aromatic heterocycles.